The number of fused-ring (bicyclic) bond motifs is 1. The lowest BCUT2D eigenvalue weighted by molar-refractivity contribution is 1.29. The van der Waals surface area contributed by atoms with E-state index in [1.807, 2.05) is 6.07 Å². The highest BCUT2D eigenvalue weighted by Crippen LogP contribution is 2.03. The van der Waals surface area contributed by atoms with Crippen LogP contribution in [0.2, 0.25) is 0 Å². The zero-order valence-electron chi connectivity index (χ0n) is 6.61. The minimum Gasteiger partial charge on any atom is -0.360 e. The first kappa shape index (κ1) is 7.50. The van der Waals surface area contributed by atoms with E-state index in [9.17, 15) is 4.79 Å². The first-order valence-corrected chi connectivity index (χ1v) is 3.68. The molecule has 2 aromatic heterocycles. The number of H-pyrrole nitrogens is 1. The van der Waals surface area contributed by atoms with Crippen LogP contribution in [0.1, 0.15) is 5.56 Å². The number of rotatable bonds is 0. The highest BCUT2D eigenvalue weighted by molar-refractivity contribution is 5.78. The molecule has 0 aliphatic rings. The monoisotopic (exact) mass is 171 g/mol. The minimum absolute atomic E-state index is 0.112. The summed E-state index contributed by atoms with van der Waals surface area (Å²) in [5, 5.41) is 9.03. The summed E-state index contributed by atoms with van der Waals surface area (Å²) in [7, 11) is 0. The van der Waals surface area contributed by atoms with Gasteiger partial charge >= 0.3 is 0 Å². The Bertz CT molecular complexity index is 551. The van der Waals surface area contributed by atoms with E-state index in [4.69, 9.17) is 5.26 Å². The first-order valence-electron chi connectivity index (χ1n) is 3.68. The zero-order valence-corrected chi connectivity index (χ0v) is 6.61. The Balaban J connectivity index is 2.98. The number of nitriles is 1. The van der Waals surface area contributed by atoms with Crippen molar-refractivity contribution in [2.24, 2.45) is 0 Å². The average molecular weight is 171 g/mol. The lowest BCUT2D eigenvalue weighted by atomic mass is 10.2. The second-order valence-electron chi connectivity index (χ2n) is 2.56. The molecule has 4 heteroatoms. The summed E-state index contributed by atoms with van der Waals surface area (Å²) >= 11 is 0. The normalized spacial score (nSPS) is 9.77. The van der Waals surface area contributed by atoms with Crippen LogP contribution in [0.3, 0.4) is 0 Å². The van der Waals surface area contributed by atoms with Crippen LogP contribution in [0.4, 0.5) is 0 Å². The van der Waals surface area contributed by atoms with Gasteiger partial charge in [0.15, 0.2) is 0 Å². The molecule has 0 fully saturated rings. The molecule has 0 amide bonds. The molecule has 1 N–H and O–H groups in total. The second kappa shape index (κ2) is 2.72. The topological polar surface area (TPSA) is 69.5 Å². The van der Waals surface area contributed by atoms with Gasteiger partial charge in [-0.2, -0.15) is 5.26 Å². The maximum absolute atomic E-state index is 11.5. The highest BCUT2D eigenvalue weighted by atomic mass is 16.1. The van der Waals surface area contributed by atoms with Crippen molar-refractivity contribution in [3.05, 3.63) is 40.4 Å². The van der Waals surface area contributed by atoms with E-state index in [-0.39, 0.29) is 11.0 Å². The molecule has 0 aromatic carbocycles. The van der Waals surface area contributed by atoms with Gasteiger partial charge in [-0.15, -0.1) is 0 Å². The molecule has 0 saturated carbocycles. The maximum atomic E-state index is 11.5. The predicted molar refractivity (Wildman–Crippen MR) is 47.1 cm³/mol. The molecule has 0 bridgehead atoms. The summed E-state index contributed by atoms with van der Waals surface area (Å²) in [6.45, 7) is 0. The van der Waals surface area contributed by atoms with Gasteiger partial charge in [0.05, 0.1) is 10.9 Å². The molecule has 2 heterocycles. The summed E-state index contributed by atoms with van der Waals surface area (Å²) in [5.74, 6) is 0. The van der Waals surface area contributed by atoms with E-state index in [0.717, 1.165) is 0 Å². The maximum Gasteiger partial charge on any atom is 0.208 e. The van der Waals surface area contributed by atoms with Gasteiger partial charge in [0.1, 0.15) is 11.6 Å². The number of nitrogens with one attached hydrogen (secondary N) is 1. The van der Waals surface area contributed by atoms with Gasteiger partial charge in [0.25, 0.3) is 0 Å². The van der Waals surface area contributed by atoms with Crippen molar-refractivity contribution >= 4 is 10.9 Å². The highest BCUT2D eigenvalue weighted by Gasteiger charge is 2.02. The SMILES string of the molecule is N#Cc1c[nH]c2ccncc2c1=O. The van der Waals surface area contributed by atoms with Gasteiger partial charge in [0, 0.05) is 18.6 Å². The molecule has 0 saturated heterocycles. The molecule has 2 rings (SSSR count). The van der Waals surface area contributed by atoms with Gasteiger partial charge in [-0.25, -0.2) is 0 Å². The van der Waals surface area contributed by atoms with Crippen LogP contribution in [-0.4, -0.2) is 9.97 Å². The van der Waals surface area contributed by atoms with Crippen molar-refractivity contribution in [1.82, 2.24) is 9.97 Å². The molecular weight excluding hydrogens is 166 g/mol. The molecule has 13 heavy (non-hydrogen) atoms. The van der Waals surface area contributed by atoms with Crippen molar-refractivity contribution in [3.8, 4) is 6.07 Å². The van der Waals surface area contributed by atoms with Gasteiger partial charge < -0.3 is 4.98 Å². The van der Waals surface area contributed by atoms with E-state index in [1.165, 1.54) is 12.4 Å². The number of nitrogens with zero attached hydrogens (tertiary/aromatic N) is 2. The summed E-state index contributed by atoms with van der Waals surface area (Å²) < 4.78 is 0. The number of aromatic nitrogens is 2. The number of hydrogen-bond acceptors (Lipinski definition) is 3. The fourth-order valence-corrected chi connectivity index (χ4v) is 1.14. The minimum atomic E-state index is -0.274. The lowest BCUT2D eigenvalue weighted by Crippen LogP contribution is -2.06. The Morgan fingerprint density at radius 3 is 3.15 bits per heavy atom. The Morgan fingerprint density at radius 2 is 2.38 bits per heavy atom. The zero-order chi connectivity index (χ0) is 9.26. The molecular formula is C9H5N3O. The molecule has 0 radical (unpaired) electrons. The van der Waals surface area contributed by atoms with Crippen LogP contribution < -0.4 is 5.43 Å². The lowest BCUT2D eigenvalue weighted by Gasteiger charge is -1.95. The van der Waals surface area contributed by atoms with E-state index < -0.39 is 0 Å². The predicted octanol–water partition coefficient (Wildman–Crippen LogP) is 0.795. The molecule has 62 valence electrons. The quantitative estimate of drug-likeness (QED) is 0.637. The number of pyridine rings is 2. The smallest absolute Gasteiger partial charge is 0.208 e. The summed E-state index contributed by atoms with van der Waals surface area (Å²) in [5.41, 5.74) is 0.531. The summed E-state index contributed by atoms with van der Waals surface area (Å²) in [6.07, 6.45) is 4.45. The van der Waals surface area contributed by atoms with Crippen LogP contribution in [0.15, 0.2) is 29.5 Å². The summed E-state index contributed by atoms with van der Waals surface area (Å²) in [4.78, 5) is 18.1. The summed E-state index contributed by atoms with van der Waals surface area (Å²) in [6, 6.07) is 3.51. The van der Waals surface area contributed by atoms with Gasteiger partial charge in [0.2, 0.25) is 5.43 Å². The second-order valence-corrected chi connectivity index (χ2v) is 2.56. The van der Waals surface area contributed by atoms with Crippen molar-refractivity contribution in [3.63, 3.8) is 0 Å². The third-order valence-corrected chi connectivity index (χ3v) is 1.80. The Labute approximate surface area is 73.5 Å². The Hall–Kier alpha value is -2.15. The molecule has 4 nitrogen and oxygen atoms in total. The third-order valence-electron chi connectivity index (χ3n) is 1.80. The van der Waals surface area contributed by atoms with Crippen LogP contribution in [0.25, 0.3) is 10.9 Å². The fraction of sp³-hybridized carbons (Fsp3) is 0. The Morgan fingerprint density at radius 1 is 1.54 bits per heavy atom. The molecule has 0 spiro atoms. The molecule has 0 unspecified atom stereocenters. The average Bonchev–Trinajstić information content (AvgIpc) is 2.19. The van der Waals surface area contributed by atoms with Crippen molar-refractivity contribution < 1.29 is 0 Å². The van der Waals surface area contributed by atoms with Crippen LogP contribution in [0, 0.1) is 11.3 Å². The van der Waals surface area contributed by atoms with Crippen LogP contribution in [-0.2, 0) is 0 Å². The van der Waals surface area contributed by atoms with E-state index in [2.05, 4.69) is 9.97 Å². The third kappa shape index (κ3) is 1.07. The van der Waals surface area contributed by atoms with Gasteiger partial charge in [-0.3, -0.25) is 9.78 Å². The van der Waals surface area contributed by atoms with Crippen molar-refractivity contribution in [2.75, 3.05) is 0 Å². The number of hydrogen-bond donors (Lipinski definition) is 1. The van der Waals surface area contributed by atoms with Gasteiger partial charge in [-0.1, -0.05) is 0 Å². The van der Waals surface area contributed by atoms with E-state index in [1.54, 1.807) is 12.3 Å². The Kier molecular flexibility index (Phi) is 1.57. The number of aromatic amines is 1. The van der Waals surface area contributed by atoms with E-state index in [0.29, 0.717) is 10.9 Å². The van der Waals surface area contributed by atoms with Crippen molar-refractivity contribution in [2.45, 2.75) is 0 Å². The molecule has 0 atom stereocenters. The van der Waals surface area contributed by atoms with Crippen molar-refractivity contribution in [1.29, 1.82) is 5.26 Å². The van der Waals surface area contributed by atoms with Gasteiger partial charge in [-0.05, 0) is 6.07 Å². The largest absolute Gasteiger partial charge is 0.360 e. The van der Waals surface area contributed by atoms with Crippen LogP contribution in [0.5, 0.6) is 0 Å². The fourth-order valence-electron chi connectivity index (χ4n) is 1.14. The molecule has 2 aromatic rings. The standard InChI is InChI=1S/C9H5N3O/c10-3-6-4-12-8-1-2-11-5-7(8)9(6)13/h1-2,4-5H,(H,12,13). The van der Waals surface area contributed by atoms with Crippen LogP contribution >= 0.6 is 0 Å². The molecule has 0 aliphatic carbocycles. The molecule has 0 aliphatic heterocycles. The first-order chi connectivity index (χ1) is 6.33. The van der Waals surface area contributed by atoms with E-state index >= 15 is 0 Å².